The molecule has 0 bridgehead atoms. The molecule has 4 aromatic rings. The molecule has 1 aliphatic heterocycles. The van der Waals surface area contributed by atoms with E-state index in [0.717, 1.165) is 16.8 Å². The summed E-state index contributed by atoms with van der Waals surface area (Å²) in [6.07, 6.45) is 1.23. The molecule has 1 aliphatic rings. The number of rotatable bonds is 5. The molecule has 0 radical (unpaired) electrons. The number of H-pyrrole nitrogens is 1. The molecule has 5 rings (SSSR count). The summed E-state index contributed by atoms with van der Waals surface area (Å²) in [6.45, 7) is 0.197. The summed E-state index contributed by atoms with van der Waals surface area (Å²) >= 11 is 5.71. The molecule has 0 fully saturated rings. The highest BCUT2D eigenvalue weighted by molar-refractivity contribution is 7.80. The Kier molecular flexibility index (Phi) is 7.24. The molecule has 184 valence electrons. The summed E-state index contributed by atoms with van der Waals surface area (Å²) in [5.74, 6) is 7.38. The van der Waals surface area contributed by atoms with Crippen molar-refractivity contribution < 1.29 is 9.53 Å². The third-order valence-corrected chi connectivity index (χ3v) is 6.54. The number of thiocarbonyl (C=S) groups is 1. The van der Waals surface area contributed by atoms with Crippen molar-refractivity contribution in [1.82, 2.24) is 20.5 Å². The van der Waals surface area contributed by atoms with E-state index in [1.54, 1.807) is 0 Å². The van der Waals surface area contributed by atoms with Gasteiger partial charge in [-0.1, -0.05) is 84.7 Å². The molecule has 0 unspecified atom stereocenters. The number of hydrogen-bond acceptors (Lipinski definition) is 5. The van der Waals surface area contributed by atoms with Gasteiger partial charge in [-0.2, -0.15) is 0 Å². The van der Waals surface area contributed by atoms with E-state index < -0.39 is 11.9 Å². The van der Waals surface area contributed by atoms with Gasteiger partial charge in [0, 0.05) is 25.5 Å². The molecule has 0 spiro atoms. The van der Waals surface area contributed by atoms with Gasteiger partial charge in [0.1, 0.15) is 29.2 Å². The van der Waals surface area contributed by atoms with E-state index in [0.29, 0.717) is 29.4 Å². The van der Waals surface area contributed by atoms with E-state index >= 15 is 0 Å². The molecule has 2 N–H and O–H groups in total. The highest BCUT2D eigenvalue weighted by Crippen LogP contribution is 2.32. The molecular weight excluding hydrogens is 482 g/mol. The van der Waals surface area contributed by atoms with Crippen LogP contribution in [0, 0.1) is 11.8 Å². The Morgan fingerprint density at radius 2 is 1.84 bits per heavy atom. The maximum absolute atomic E-state index is 12.9. The van der Waals surface area contributed by atoms with Crippen molar-refractivity contribution in [2.75, 3.05) is 18.6 Å². The number of amides is 1. The van der Waals surface area contributed by atoms with Gasteiger partial charge in [0.25, 0.3) is 5.91 Å². The summed E-state index contributed by atoms with van der Waals surface area (Å²) in [6, 6.07) is 25.2. The van der Waals surface area contributed by atoms with Crippen molar-refractivity contribution in [3.8, 4) is 17.6 Å². The van der Waals surface area contributed by atoms with Crippen LogP contribution in [0.15, 0.2) is 78.9 Å². The second-order valence-electron chi connectivity index (χ2n) is 8.65. The van der Waals surface area contributed by atoms with E-state index in [9.17, 15) is 4.79 Å². The smallest absolute Gasteiger partial charge is 0.291 e. The van der Waals surface area contributed by atoms with Crippen molar-refractivity contribution in [3.05, 3.63) is 107 Å². The molecule has 1 atom stereocenters. The second-order valence-corrected chi connectivity index (χ2v) is 9.07. The van der Waals surface area contributed by atoms with Gasteiger partial charge in [0.2, 0.25) is 5.82 Å². The molecule has 1 amide bonds. The fourth-order valence-electron chi connectivity index (χ4n) is 4.01. The van der Waals surface area contributed by atoms with Crippen LogP contribution in [0.25, 0.3) is 0 Å². The molecule has 8 heteroatoms. The average Bonchev–Trinajstić information content (AvgIpc) is 3.36. The van der Waals surface area contributed by atoms with Crippen molar-refractivity contribution >= 4 is 28.8 Å². The van der Waals surface area contributed by atoms with Gasteiger partial charge >= 0.3 is 0 Å². The van der Waals surface area contributed by atoms with Crippen LogP contribution in [0.2, 0.25) is 0 Å². The number of aromatic amines is 1. The molecule has 7 nitrogen and oxygen atoms in total. The standard InChI is InChI=1S/C29H25N5O2S/c1-34-24-17-22(14-8-13-20-9-4-2-5-10-20)15-16-25(24)36-19-23(29(34)37)30-28(35)27-31-26(32-33-27)18-21-11-6-3-7-12-21/h2-7,9-12,15-17,23H,13,18-19H2,1H3,(H,30,35)(H,31,32,33)/t23-/m0/s1. The fourth-order valence-corrected chi connectivity index (χ4v) is 4.24. The van der Waals surface area contributed by atoms with Crippen LogP contribution >= 0.6 is 12.2 Å². The number of nitrogens with one attached hydrogen (secondary N) is 2. The molecule has 0 aliphatic carbocycles. The van der Waals surface area contributed by atoms with Crippen LogP contribution in [0.4, 0.5) is 5.69 Å². The minimum absolute atomic E-state index is 0.0640. The minimum atomic E-state index is -0.524. The normalized spacial score (nSPS) is 14.6. The van der Waals surface area contributed by atoms with Gasteiger partial charge in [0.15, 0.2) is 0 Å². The Labute approximate surface area is 220 Å². The van der Waals surface area contributed by atoms with E-state index in [4.69, 9.17) is 17.0 Å². The van der Waals surface area contributed by atoms with Crippen molar-refractivity contribution in [2.24, 2.45) is 0 Å². The molecular formula is C29H25N5O2S. The van der Waals surface area contributed by atoms with Crippen molar-refractivity contribution in [1.29, 1.82) is 0 Å². The number of fused-ring (bicyclic) bond motifs is 1. The lowest BCUT2D eigenvalue weighted by Crippen LogP contribution is -2.48. The SMILES string of the molecule is CN1C(=S)[C@@H](NC(=O)c2n[nH]c(Cc3ccccc3)n2)COc2ccc(C#CCc3ccccc3)cc21. The van der Waals surface area contributed by atoms with E-state index in [1.807, 2.05) is 78.7 Å². The zero-order chi connectivity index (χ0) is 25.6. The average molecular weight is 508 g/mol. The number of aromatic nitrogens is 3. The molecule has 37 heavy (non-hydrogen) atoms. The molecule has 0 saturated carbocycles. The summed E-state index contributed by atoms with van der Waals surface area (Å²) in [5, 5.41) is 9.84. The Bertz CT molecular complexity index is 1470. The summed E-state index contributed by atoms with van der Waals surface area (Å²) < 4.78 is 6.01. The molecule has 1 aromatic heterocycles. The zero-order valence-electron chi connectivity index (χ0n) is 20.3. The largest absolute Gasteiger partial charge is 0.489 e. The van der Waals surface area contributed by atoms with Gasteiger partial charge in [-0.25, -0.2) is 4.98 Å². The van der Waals surface area contributed by atoms with Crippen LogP contribution < -0.4 is 15.0 Å². The monoisotopic (exact) mass is 507 g/mol. The van der Waals surface area contributed by atoms with Gasteiger partial charge < -0.3 is 15.0 Å². The number of hydrogen-bond donors (Lipinski definition) is 2. The number of carbonyl (C=O) groups is 1. The lowest BCUT2D eigenvalue weighted by atomic mass is 10.1. The Hall–Kier alpha value is -4.48. The summed E-state index contributed by atoms with van der Waals surface area (Å²) in [5.41, 5.74) is 3.91. The van der Waals surface area contributed by atoms with Gasteiger partial charge in [-0.05, 0) is 29.3 Å². The highest BCUT2D eigenvalue weighted by atomic mass is 32.1. The van der Waals surface area contributed by atoms with Crippen molar-refractivity contribution in [2.45, 2.75) is 18.9 Å². The first kappa shape index (κ1) is 24.2. The van der Waals surface area contributed by atoms with Gasteiger partial charge in [0.05, 0.1) is 5.69 Å². The van der Waals surface area contributed by atoms with E-state index in [-0.39, 0.29) is 12.4 Å². The predicted molar refractivity (Wildman–Crippen MR) is 147 cm³/mol. The van der Waals surface area contributed by atoms with E-state index in [2.05, 4.69) is 44.5 Å². The third kappa shape index (κ3) is 5.85. The van der Waals surface area contributed by atoms with Crippen molar-refractivity contribution in [3.63, 3.8) is 0 Å². The maximum atomic E-state index is 12.9. The van der Waals surface area contributed by atoms with Crippen LogP contribution in [0.5, 0.6) is 5.75 Å². The maximum Gasteiger partial charge on any atom is 0.291 e. The first-order chi connectivity index (χ1) is 18.1. The second kappa shape index (κ2) is 11.1. The third-order valence-electron chi connectivity index (χ3n) is 5.98. The van der Waals surface area contributed by atoms with Crippen LogP contribution in [-0.2, 0) is 12.8 Å². The fraction of sp³-hybridized carbons (Fsp3) is 0.172. The quantitative estimate of drug-likeness (QED) is 0.315. The van der Waals surface area contributed by atoms with Gasteiger partial charge in [-0.3, -0.25) is 9.89 Å². The highest BCUT2D eigenvalue weighted by Gasteiger charge is 2.29. The van der Waals surface area contributed by atoms with Crippen LogP contribution in [0.1, 0.15) is 33.1 Å². The topological polar surface area (TPSA) is 83.1 Å². The van der Waals surface area contributed by atoms with E-state index in [1.165, 1.54) is 5.56 Å². The number of nitrogens with zero attached hydrogens (tertiary/aromatic N) is 3. The Morgan fingerprint density at radius 1 is 1.11 bits per heavy atom. The van der Waals surface area contributed by atoms with Crippen LogP contribution in [-0.4, -0.2) is 45.8 Å². The Balaban J connectivity index is 1.25. The van der Waals surface area contributed by atoms with Crippen LogP contribution in [0.3, 0.4) is 0 Å². The predicted octanol–water partition coefficient (Wildman–Crippen LogP) is 3.94. The Morgan fingerprint density at radius 3 is 2.59 bits per heavy atom. The number of anilines is 1. The number of carbonyl (C=O) groups excluding carboxylic acids is 1. The number of benzene rings is 3. The zero-order valence-corrected chi connectivity index (χ0v) is 21.1. The summed E-state index contributed by atoms with van der Waals surface area (Å²) in [4.78, 5) is 19.6. The minimum Gasteiger partial charge on any atom is -0.489 e. The first-order valence-electron chi connectivity index (χ1n) is 11.9. The molecule has 2 heterocycles. The lowest BCUT2D eigenvalue weighted by molar-refractivity contribution is 0.0927. The lowest BCUT2D eigenvalue weighted by Gasteiger charge is -2.23. The molecule has 0 saturated heterocycles. The molecule has 3 aromatic carbocycles. The van der Waals surface area contributed by atoms with Gasteiger partial charge in [-0.15, -0.1) is 5.10 Å². The number of ether oxygens (including phenoxy) is 1. The number of likely N-dealkylation sites (N-methyl/N-ethyl adjacent to an activating group) is 1. The summed E-state index contributed by atoms with van der Waals surface area (Å²) in [7, 11) is 1.86. The first-order valence-corrected chi connectivity index (χ1v) is 12.3.